The molecule has 0 fully saturated rings. The zero-order chi connectivity index (χ0) is 14.8. The molecule has 1 aromatic rings. The number of carbonyl (C=O) groups excluding carboxylic acids is 1. The quantitative estimate of drug-likeness (QED) is 0.408. The first kappa shape index (κ1) is 16.2. The fourth-order valence-electron chi connectivity index (χ4n) is 2.02. The monoisotopic (exact) mass is 275 g/mol. The van der Waals surface area contributed by atoms with Gasteiger partial charge in [-0.05, 0) is 12.5 Å². The third-order valence-electron chi connectivity index (χ3n) is 3.03. The summed E-state index contributed by atoms with van der Waals surface area (Å²) in [5, 5.41) is 9.14. The zero-order valence-corrected chi connectivity index (χ0v) is 12.1. The summed E-state index contributed by atoms with van der Waals surface area (Å²) in [6.45, 7) is 3.45. The first-order valence-electron chi connectivity index (χ1n) is 7.02. The number of unbranched alkanes of at least 4 members (excludes halogenated alkanes) is 3. The van der Waals surface area contributed by atoms with Crippen molar-refractivity contribution < 1.29 is 14.6 Å². The minimum atomic E-state index is -0.488. The zero-order valence-electron chi connectivity index (χ0n) is 12.1. The van der Waals surface area contributed by atoms with Crippen LogP contribution in [0.5, 0.6) is 0 Å². The molecule has 0 bridgehead atoms. The molecule has 0 spiro atoms. The molecule has 0 saturated carbocycles. The van der Waals surface area contributed by atoms with Crippen LogP contribution >= 0.6 is 0 Å². The molecule has 0 aliphatic heterocycles. The summed E-state index contributed by atoms with van der Waals surface area (Å²) in [6.07, 6.45) is 4.74. The van der Waals surface area contributed by atoms with Gasteiger partial charge < -0.3 is 0 Å². The highest BCUT2D eigenvalue weighted by atomic mass is 17.2. The fraction of sp³-hybridized carbons (Fsp3) is 0.500. The molecule has 0 N–H and O–H groups in total. The lowest BCUT2D eigenvalue weighted by molar-refractivity contribution is -0.300. The largest absolute Gasteiger partial charge is 0.339 e. The van der Waals surface area contributed by atoms with Crippen LogP contribution in [0.25, 0.3) is 0 Å². The Kier molecular flexibility index (Phi) is 7.38. The van der Waals surface area contributed by atoms with Crippen LogP contribution in [0.4, 0.5) is 0 Å². The molecule has 0 aromatic heterocycles. The lowest BCUT2D eigenvalue weighted by atomic mass is 9.98. The molecule has 20 heavy (non-hydrogen) atoms. The van der Waals surface area contributed by atoms with Crippen LogP contribution in [-0.2, 0) is 14.6 Å². The molecular formula is C16H21NO3. The van der Waals surface area contributed by atoms with Crippen molar-refractivity contribution in [1.29, 1.82) is 5.26 Å². The summed E-state index contributed by atoms with van der Waals surface area (Å²) >= 11 is 0. The molecule has 0 aliphatic rings. The van der Waals surface area contributed by atoms with E-state index in [1.807, 2.05) is 18.2 Å². The van der Waals surface area contributed by atoms with E-state index < -0.39 is 5.97 Å². The Morgan fingerprint density at radius 1 is 1.30 bits per heavy atom. The number of benzene rings is 1. The van der Waals surface area contributed by atoms with Gasteiger partial charge in [0.2, 0.25) is 0 Å². The lowest BCUT2D eigenvalue weighted by Crippen LogP contribution is -2.10. The summed E-state index contributed by atoms with van der Waals surface area (Å²) in [7, 11) is 0. The van der Waals surface area contributed by atoms with E-state index in [1.165, 1.54) is 13.3 Å². The third kappa shape index (κ3) is 5.41. The molecule has 108 valence electrons. The Bertz CT molecular complexity index is 465. The summed E-state index contributed by atoms with van der Waals surface area (Å²) in [4.78, 5) is 20.8. The number of hydrogen-bond donors (Lipinski definition) is 0. The number of hydrogen-bond acceptors (Lipinski definition) is 4. The van der Waals surface area contributed by atoms with Crippen LogP contribution in [0, 0.1) is 11.3 Å². The number of carbonyl (C=O) groups is 1. The van der Waals surface area contributed by atoms with Gasteiger partial charge in [-0.1, -0.05) is 50.8 Å². The predicted molar refractivity (Wildman–Crippen MR) is 75.5 cm³/mol. The van der Waals surface area contributed by atoms with Gasteiger partial charge in [0, 0.05) is 12.5 Å². The van der Waals surface area contributed by atoms with Gasteiger partial charge >= 0.3 is 5.97 Å². The van der Waals surface area contributed by atoms with Gasteiger partial charge in [-0.2, -0.15) is 10.1 Å². The van der Waals surface area contributed by atoms with Crippen molar-refractivity contribution in [3.05, 3.63) is 35.4 Å². The molecule has 1 unspecified atom stereocenters. The highest BCUT2D eigenvalue weighted by molar-refractivity contribution is 5.65. The first-order valence-corrected chi connectivity index (χ1v) is 7.02. The Balaban J connectivity index is 2.75. The Morgan fingerprint density at radius 2 is 2.05 bits per heavy atom. The number of nitrogens with zero attached hydrogens (tertiary/aromatic N) is 1. The van der Waals surface area contributed by atoms with Crippen molar-refractivity contribution in [2.24, 2.45) is 0 Å². The van der Waals surface area contributed by atoms with Gasteiger partial charge in [0.15, 0.2) is 0 Å². The molecule has 1 rings (SSSR count). The molecule has 1 aromatic carbocycles. The lowest BCUT2D eigenvalue weighted by Gasteiger charge is -2.17. The van der Waals surface area contributed by atoms with Gasteiger partial charge in [0.1, 0.15) is 6.10 Å². The molecule has 4 nitrogen and oxygen atoms in total. The summed E-state index contributed by atoms with van der Waals surface area (Å²) in [6, 6.07) is 9.39. The van der Waals surface area contributed by atoms with Gasteiger partial charge in [-0.15, -0.1) is 0 Å². The van der Waals surface area contributed by atoms with Gasteiger partial charge in [0.25, 0.3) is 0 Å². The van der Waals surface area contributed by atoms with Crippen molar-refractivity contribution >= 4 is 5.97 Å². The van der Waals surface area contributed by atoms with E-state index in [2.05, 4.69) is 17.9 Å². The second kappa shape index (κ2) is 9.11. The average Bonchev–Trinajstić information content (AvgIpc) is 2.46. The minimum absolute atomic E-state index is 0.383. The van der Waals surface area contributed by atoms with Crippen LogP contribution in [0.15, 0.2) is 24.3 Å². The Hall–Kier alpha value is -1.86. The summed E-state index contributed by atoms with van der Waals surface area (Å²) in [5.41, 5.74) is 1.33. The second-order valence-electron chi connectivity index (χ2n) is 4.71. The van der Waals surface area contributed by atoms with Crippen molar-refractivity contribution in [3.8, 4) is 6.07 Å². The van der Waals surface area contributed by atoms with E-state index in [0.717, 1.165) is 31.2 Å². The number of rotatable bonds is 8. The molecule has 0 radical (unpaired) electrons. The van der Waals surface area contributed by atoms with Crippen LogP contribution in [-0.4, -0.2) is 5.97 Å². The van der Waals surface area contributed by atoms with Crippen LogP contribution in [0.1, 0.15) is 63.2 Å². The van der Waals surface area contributed by atoms with E-state index in [9.17, 15) is 4.79 Å². The van der Waals surface area contributed by atoms with Crippen molar-refractivity contribution in [3.63, 3.8) is 0 Å². The summed E-state index contributed by atoms with van der Waals surface area (Å²) < 4.78 is 0. The van der Waals surface area contributed by atoms with Crippen molar-refractivity contribution in [1.82, 2.24) is 0 Å². The second-order valence-corrected chi connectivity index (χ2v) is 4.71. The highest BCUT2D eigenvalue weighted by Gasteiger charge is 2.18. The molecule has 1 atom stereocenters. The van der Waals surface area contributed by atoms with E-state index in [4.69, 9.17) is 10.1 Å². The Labute approximate surface area is 120 Å². The maximum absolute atomic E-state index is 10.9. The van der Waals surface area contributed by atoms with E-state index in [-0.39, 0.29) is 6.10 Å². The first-order chi connectivity index (χ1) is 9.69. The fourth-order valence-corrected chi connectivity index (χ4v) is 2.02. The average molecular weight is 275 g/mol. The summed E-state index contributed by atoms with van der Waals surface area (Å²) in [5.74, 6) is -0.488. The number of nitriles is 1. The molecule has 0 aliphatic carbocycles. The molecule has 4 heteroatoms. The van der Waals surface area contributed by atoms with Gasteiger partial charge in [-0.3, -0.25) is 4.89 Å². The standard InChI is InChI=1S/C16H21NO3/c1-3-4-5-6-11-16(20-19-13(2)18)15-10-8-7-9-14(15)12-17/h7-10,16H,3-6,11H2,1-2H3. The maximum Gasteiger partial charge on any atom is 0.339 e. The van der Waals surface area contributed by atoms with Crippen LogP contribution < -0.4 is 0 Å². The molecule has 0 heterocycles. The molecule has 0 saturated heterocycles. The van der Waals surface area contributed by atoms with Crippen molar-refractivity contribution in [2.45, 2.75) is 52.1 Å². The van der Waals surface area contributed by atoms with Crippen LogP contribution in [0.3, 0.4) is 0 Å². The highest BCUT2D eigenvalue weighted by Crippen LogP contribution is 2.27. The molecule has 0 amide bonds. The maximum atomic E-state index is 10.9. The predicted octanol–water partition coefficient (Wildman–Crippen LogP) is 4.06. The van der Waals surface area contributed by atoms with Gasteiger partial charge in [0.05, 0.1) is 11.6 Å². The van der Waals surface area contributed by atoms with E-state index in [1.54, 1.807) is 6.07 Å². The smallest absolute Gasteiger partial charge is 0.298 e. The normalized spacial score (nSPS) is 11.7. The molecular weight excluding hydrogens is 254 g/mol. The minimum Gasteiger partial charge on any atom is -0.298 e. The van der Waals surface area contributed by atoms with E-state index >= 15 is 0 Å². The van der Waals surface area contributed by atoms with Crippen molar-refractivity contribution in [2.75, 3.05) is 0 Å². The Morgan fingerprint density at radius 3 is 2.70 bits per heavy atom. The van der Waals surface area contributed by atoms with E-state index in [0.29, 0.717) is 5.56 Å². The third-order valence-corrected chi connectivity index (χ3v) is 3.03. The SMILES string of the molecule is CCCCCCC(OOC(C)=O)c1ccccc1C#N. The van der Waals surface area contributed by atoms with Gasteiger partial charge in [-0.25, -0.2) is 4.79 Å². The van der Waals surface area contributed by atoms with Crippen LogP contribution in [0.2, 0.25) is 0 Å². The topological polar surface area (TPSA) is 59.3 Å².